The van der Waals surface area contributed by atoms with E-state index >= 15 is 0 Å². The lowest BCUT2D eigenvalue weighted by molar-refractivity contribution is -0.140. The monoisotopic (exact) mass is 431 g/mol. The second-order valence-corrected chi connectivity index (χ2v) is 7.02. The van der Waals surface area contributed by atoms with Crippen molar-refractivity contribution in [1.82, 2.24) is 9.55 Å². The van der Waals surface area contributed by atoms with Crippen LogP contribution in [0.1, 0.15) is 25.6 Å². The predicted molar refractivity (Wildman–Crippen MR) is 94.1 cm³/mol. The van der Waals surface area contributed by atoms with Gasteiger partial charge in [-0.1, -0.05) is 0 Å². The Kier molecular flexibility index (Phi) is 5.75. The van der Waals surface area contributed by atoms with Crippen molar-refractivity contribution in [2.75, 3.05) is 19.0 Å². The number of anilines is 1. The molecule has 0 radical (unpaired) electrons. The van der Waals surface area contributed by atoms with E-state index in [9.17, 15) is 28.3 Å². The number of carbonyl (C=O) groups is 2. The number of aliphatic hydroxyl groups is 2. The summed E-state index contributed by atoms with van der Waals surface area (Å²) in [7, 11) is 1.19. The molecule has 0 bridgehead atoms. The van der Waals surface area contributed by atoms with E-state index in [1.807, 2.05) is 0 Å². The topological polar surface area (TPSA) is 140 Å². The Hall–Kier alpha value is -2.74. The van der Waals surface area contributed by atoms with Crippen LogP contribution in [0.25, 0.3) is 0 Å². The molecule has 10 nitrogen and oxygen atoms in total. The van der Waals surface area contributed by atoms with E-state index in [2.05, 4.69) is 15.0 Å². The Morgan fingerprint density at radius 2 is 2.07 bits per heavy atom. The van der Waals surface area contributed by atoms with Crippen LogP contribution in [-0.4, -0.2) is 63.5 Å². The van der Waals surface area contributed by atoms with Crippen LogP contribution in [0.3, 0.4) is 0 Å². The number of hydrogen-bond acceptors (Lipinski definition) is 9. The van der Waals surface area contributed by atoms with Gasteiger partial charge in [-0.2, -0.15) is 13.8 Å². The average molecular weight is 431 g/mol. The zero-order chi connectivity index (χ0) is 21.3. The van der Waals surface area contributed by atoms with Gasteiger partial charge in [0.15, 0.2) is 6.10 Å². The van der Waals surface area contributed by atoms with Crippen molar-refractivity contribution >= 4 is 29.0 Å². The third kappa shape index (κ3) is 3.89. The highest BCUT2D eigenvalue weighted by atomic mass is 32.1. The van der Waals surface area contributed by atoms with Gasteiger partial charge in [0.2, 0.25) is 6.23 Å². The maximum Gasteiger partial charge on any atom is 0.351 e. The molecule has 1 amide bonds. The summed E-state index contributed by atoms with van der Waals surface area (Å²) in [6, 6.07) is 3.85. The minimum atomic E-state index is -3.84. The number of nitrogens with zero attached hydrogens (tertiary/aromatic N) is 2. The molecule has 0 saturated carbocycles. The average Bonchev–Trinajstić information content (AvgIpc) is 3.26. The largest absolute Gasteiger partial charge is 0.465 e. The highest BCUT2D eigenvalue weighted by Gasteiger charge is 2.59. The first-order valence-corrected chi connectivity index (χ1v) is 8.91. The summed E-state index contributed by atoms with van der Waals surface area (Å²) in [5.41, 5.74) is -1.17. The third-order valence-corrected chi connectivity index (χ3v) is 5.16. The smallest absolute Gasteiger partial charge is 0.351 e. The lowest BCUT2D eigenvalue weighted by Crippen LogP contribution is -2.41. The first-order valence-electron chi connectivity index (χ1n) is 8.10. The van der Waals surface area contributed by atoms with Crippen molar-refractivity contribution in [3.05, 3.63) is 44.6 Å². The van der Waals surface area contributed by atoms with E-state index < -0.39 is 48.5 Å². The zero-order valence-electron chi connectivity index (χ0n) is 14.7. The van der Waals surface area contributed by atoms with Crippen molar-refractivity contribution in [1.29, 1.82) is 0 Å². The molecule has 3 heterocycles. The second kappa shape index (κ2) is 7.94. The van der Waals surface area contributed by atoms with E-state index in [0.717, 1.165) is 23.6 Å². The molecular weight excluding hydrogens is 416 g/mol. The number of hydrogen-bond donors (Lipinski definition) is 3. The number of aromatic nitrogens is 2. The Labute approximate surface area is 165 Å². The molecule has 0 aliphatic carbocycles. The number of methoxy groups -OCH3 is 1. The van der Waals surface area contributed by atoms with Gasteiger partial charge < -0.3 is 25.0 Å². The molecule has 13 heteroatoms. The predicted octanol–water partition coefficient (Wildman–Crippen LogP) is 0.230. The quantitative estimate of drug-likeness (QED) is 0.572. The molecule has 0 unspecified atom stereocenters. The molecule has 2 aromatic heterocycles. The molecule has 1 aliphatic rings. The lowest BCUT2D eigenvalue weighted by atomic mass is 10.1. The van der Waals surface area contributed by atoms with E-state index in [4.69, 9.17) is 9.84 Å². The Morgan fingerprint density at radius 1 is 1.38 bits per heavy atom. The van der Waals surface area contributed by atoms with Crippen molar-refractivity contribution in [3.8, 4) is 0 Å². The number of aliphatic hydroxyl groups excluding tert-OH is 2. The minimum Gasteiger partial charge on any atom is -0.465 e. The molecule has 156 valence electrons. The molecule has 0 aromatic carbocycles. The van der Waals surface area contributed by atoms with Crippen LogP contribution in [0.2, 0.25) is 0 Å². The van der Waals surface area contributed by atoms with Crippen LogP contribution < -0.4 is 11.0 Å². The summed E-state index contributed by atoms with van der Waals surface area (Å²) < 4.78 is 38.2. The van der Waals surface area contributed by atoms with Crippen LogP contribution in [-0.2, 0) is 9.47 Å². The fourth-order valence-electron chi connectivity index (χ4n) is 2.63. The molecule has 29 heavy (non-hydrogen) atoms. The van der Waals surface area contributed by atoms with Gasteiger partial charge in [-0.25, -0.2) is 9.59 Å². The molecule has 3 N–H and O–H groups in total. The summed E-state index contributed by atoms with van der Waals surface area (Å²) in [5, 5.41) is 20.9. The van der Waals surface area contributed by atoms with Crippen LogP contribution in [0.5, 0.6) is 0 Å². The number of esters is 1. The van der Waals surface area contributed by atoms with Gasteiger partial charge in [0.1, 0.15) is 16.8 Å². The summed E-state index contributed by atoms with van der Waals surface area (Å²) in [6.07, 6.45) is -5.11. The standard InChI is InChI=1S/C16H15F2N3O7S/c1-27-13(25)9-3-2-8(29-9)12(24)19-10-4-5-21(15(26)20-10)14-16(17,18)11(23)7(6-22)28-14/h2-5,7,11,14,22-23H,6H2,1H3,(H,19,20,24,26)/t7-,11-,14-/m1/s1. The second-order valence-electron chi connectivity index (χ2n) is 5.94. The summed E-state index contributed by atoms with van der Waals surface area (Å²) in [6.45, 7) is -0.863. The number of rotatable bonds is 5. The number of thiophene rings is 1. The number of amides is 1. The number of nitrogens with one attached hydrogen (secondary N) is 1. The molecule has 1 aliphatic heterocycles. The van der Waals surface area contributed by atoms with Crippen molar-refractivity contribution in [2.45, 2.75) is 24.4 Å². The number of ether oxygens (including phenoxy) is 2. The molecule has 0 spiro atoms. The normalized spacial score (nSPS) is 23.0. The van der Waals surface area contributed by atoms with Crippen LogP contribution in [0.4, 0.5) is 14.6 Å². The fourth-order valence-corrected chi connectivity index (χ4v) is 3.45. The van der Waals surface area contributed by atoms with Gasteiger partial charge in [-0.3, -0.25) is 9.36 Å². The van der Waals surface area contributed by atoms with Gasteiger partial charge in [0, 0.05) is 6.20 Å². The van der Waals surface area contributed by atoms with Gasteiger partial charge in [-0.15, -0.1) is 11.3 Å². The number of alkyl halides is 2. The number of halogens is 2. The van der Waals surface area contributed by atoms with E-state index in [1.54, 1.807) is 0 Å². The lowest BCUT2D eigenvalue weighted by Gasteiger charge is -2.21. The molecule has 3 atom stereocenters. The molecule has 1 saturated heterocycles. The number of carbonyl (C=O) groups excluding carboxylic acids is 2. The van der Waals surface area contributed by atoms with Gasteiger partial charge in [0.05, 0.1) is 18.6 Å². The summed E-state index contributed by atoms with van der Waals surface area (Å²) in [5.74, 6) is -5.35. The highest BCUT2D eigenvalue weighted by molar-refractivity contribution is 7.16. The maximum absolute atomic E-state index is 14.2. The molecule has 1 fully saturated rings. The Balaban J connectivity index is 1.78. The van der Waals surface area contributed by atoms with Gasteiger partial charge in [-0.05, 0) is 18.2 Å². The first-order chi connectivity index (χ1) is 13.7. The van der Waals surface area contributed by atoms with Crippen LogP contribution in [0, 0.1) is 0 Å². The van der Waals surface area contributed by atoms with E-state index in [1.165, 1.54) is 19.2 Å². The Morgan fingerprint density at radius 3 is 2.66 bits per heavy atom. The van der Waals surface area contributed by atoms with E-state index in [-0.39, 0.29) is 15.6 Å². The van der Waals surface area contributed by atoms with Gasteiger partial charge >= 0.3 is 17.6 Å². The van der Waals surface area contributed by atoms with Crippen molar-refractivity contribution in [3.63, 3.8) is 0 Å². The fraction of sp³-hybridized carbons (Fsp3) is 0.375. The SMILES string of the molecule is COC(=O)c1ccc(C(=O)Nc2ccn([C@@H]3O[C@H](CO)[C@@H](O)C3(F)F)c(=O)n2)s1. The summed E-state index contributed by atoms with van der Waals surface area (Å²) >= 11 is 0.855. The van der Waals surface area contributed by atoms with Gasteiger partial charge in [0.25, 0.3) is 5.91 Å². The van der Waals surface area contributed by atoms with E-state index in [0.29, 0.717) is 4.57 Å². The van der Waals surface area contributed by atoms with Crippen LogP contribution in [0.15, 0.2) is 29.2 Å². The summed E-state index contributed by atoms with van der Waals surface area (Å²) in [4.78, 5) is 39.6. The Bertz CT molecular complexity index is 993. The minimum absolute atomic E-state index is 0.135. The first kappa shape index (κ1) is 21.0. The van der Waals surface area contributed by atoms with Crippen molar-refractivity contribution < 1.29 is 38.1 Å². The zero-order valence-corrected chi connectivity index (χ0v) is 15.6. The molecule has 3 rings (SSSR count). The maximum atomic E-state index is 14.2. The molecule has 2 aromatic rings. The highest BCUT2D eigenvalue weighted by Crippen LogP contribution is 2.41. The molecular formula is C16H15F2N3O7S. The van der Waals surface area contributed by atoms with Crippen molar-refractivity contribution in [2.24, 2.45) is 0 Å². The van der Waals surface area contributed by atoms with Crippen LogP contribution >= 0.6 is 11.3 Å². The third-order valence-electron chi connectivity index (χ3n) is 4.10.